The van der Waals surface area contributed by atoms with Crippen molar-refractivity contribution in [3.63, 3.8) is 0 Å². The van der Waals surface area contributed by atoms with Crippen molar-refractivity contribution in [2.75, 3.05) is 26.7 Å². The van der Waals surface area contributed by atoms with Gasteiger partial charge in [0.25, 0.3) is 0 Å². The molecule has 0 unspecified atom stereocenters. The van der Waals surface area contributed by atoms with E-state index in [1.807, 2.05) is 30.3 Å². The molecule has 0 bridgehead atoms. The number of nitrogens with zero attached hydrogens (tertiary/aromatic N) is 2. The van der Waals surface area contributed by atoms with Gasteiger partial charge in [0.05, 0.1) is 0 Å². The van der Waals surface area contributed by atoms with Gasteiger partial charge in [0.15, 0.2) is 0 Å². The molecule has 2 rings (SSSR count). The largest absolute Gasteiger partial charge is 0.445 e. The Morgan fingerprint density at radius 2 is 2.00 bits per heavy atom. The first-order valence-corrected chi connectivity index (χ1v) is 7.03. The molecule has 1 amide bonds. The fraction of sp³-hybridized carbons (Fsp3) is 0.500. The number of likely N-dealkylation sites (tertiary alicyclic amines) is 1. The van der Waals surface area contributed by atoms with Crippen LogP contribution in [-0.2, 0) is 16.1 Å². The lowest BCUT2D eigenvalue weighted by Gasteiger charge is -2.37. The summed E-state index contributed by atoms with van der Waals surface area (Å²) in [7, 11) is 1.63. The van der Waals surface area contributed by atoms with E-state index in [0.29, 0.717) is 32.5 Å². The van der Waals surface area contributed by atoms with Crippen molar-refractivity contribution in [2.24, 2.45) is 0 Å². The van der Waals surface area contributed by atoms with Gasteiger partial charge in [-0.2, -0.15) is 0 Å². The second-order valence-corrected chi connectivity index (χ2v) is 5.23. The van der Waals surface area contributed by atoms with Crippen LogP contribution in [0, 0.1) is 6.57 Å². The minimum atomic E-state index is -0.405. The molecular weight excluding hydrogens is 268 g/mol. The minimum absolute atomic E-state index is 0.285. The summed E-state index contributed by atoms with van der Waals surface area (Å²) in [6.07, 6.45) is 1.05. The first kappa shape index (κ1) is 15.3. The maximum atomic E-state index is 12.0. The van der Waals surface area contributed by atoms with E-state index in [-0.39, 0.29) is 12.7 Å². The van der Waals surface area contributed by atoms with Crippen molar-refractivity contribution in [2.45, 2.75) is 25.0 Å². The second-order valence-electron chi connectivity index (χ2n) is 5.23. The number of methoxy groups -OCH3 is 1. The van der Waals surface area contributed by atoms with E-state index in [2.05, 4.69) is 4.85 Å². The summed E-state index contributed by atoms with van der Waals surface area (Å²) in [6.45, 7) is 8.77. The number of hydrogen-bond acceptors (Lipinski definition) is 3. The van der Waals surface area contributed by atoms with Crippen LogP contribution in [0.5, 0.6) is 0 Å². The monoisotopic (exact) mass is 288 g/mol. The fourth-order valence-electron chi connectivity index (χ4n) is 2.48. The van der Waals surface area contributed by atoms with Gasteiger partial charge >= 0.3 is 6.09 Å². The minimum Gasteiger partial charge on any atom is -0.445 e. The van der Waals surface area contributed by atoms with Crippen LogP contribution in [-0.4, -0.2) is 43.3 Å². The fourth-order valence-corrected chi connectivity index (χ4v) is 2.48. The molecule has 5 nitrogen and oxygen atoms in total. The van der Waals surface area contributed by atoms with Crippen LogP contribution < -0.4 is 0 Å². The molecule has 1 aromatic carbocycles. The molecule has 112 valence electrons. The van der Waals surface area contributed by atoms with E-state index < -0.39 is 5.60 Å². The summed E-state index contributed by atoms with van der Waals surface area (Å²) in [4.78, 5) is 17.2. The molecule has 1 aromatic rings. The lowest BCUT2D eigenvalue weighted by Crippen LogP contribution is -2.49. The number of rotatable bonds is 4. The Kier molecular flexibility index (Phi) is 5.18. The number of amides is 1. The third-order valence-electron chi connectivity index (χ3n) is 3.94. The maximum absolute atomic E-state index is 12.0. The third-order valence-corrected chi connectivity index (χ3v) is 3.94. The van der Waals surface area contributed by atoms with Gasteiger partial charge in [-0.25, -0.2) is 11.4 Å². The van der Waals surface area contributed by atoms with Crippen LogP contribution in [0.1, 0.15) is 18.4 Å². The summed E-state index contributed by atoms with van der Waals surface area (Å²) in [5.74, 6) is 0. The zero-order chi connectivity index (χ0) is 15.1. The van der Waals surface area contributed by atoms with E-state index in [4.69, 9.17) is 16.0 Å². The predicted octanol–water partition coefficient (Wildman–Crippen LogP) is 2.72. The SMILES string of the molecule is [C-]#[N+]CC1(OC)CCN(C(=O)OCc2ccccc2)CC1. The summed E-state index contributed by atoms with van der Waals surface area (Å²) in [5.41, 5.74) is 0.569. The van der Waals surface area contributed by atoms with Crippen LogP contribution in [0.25, 0.3) is 4.85 Å². The number of piperidine rings is 1. The highest BCUT2D eigenvalue weighted by molar-refractivity contribution is 5.67. The van der Waals surface area contributed by atoms with Crippen LogP contribution >= 0.6 is 0 Å². The average Bonchev–Trinajstić information content (AvgIpc) is 2.54. The Labute approximate surface area is 125 Å². The molecule has 1 aliphatic rings. The zero-order valence-electron chi connectivity index (χ0n) is 12.2. The van der Waals surface area contributed by atoms with Gasteiger partial charge in [0.2, 0.25) is 6.54 Å². The van der Waals surface area contributed by atoms with Gasteiger partial charge in [-0.05, 0) is 5.56 Å². The smallest absolute Gasteiger partial charge is 0.410 e. The molecule has 21 heavy (non-hydrogen) atoms. The summed E-state index contributed by atoms with van der Waals surface area (Å²) in [5, 5.41) is 0. The van der Waals surface area contributed by atoms with Crippen LogP contribution in [0.15, 0.2) is 30.3 Å². The molecule has 0 atom stereocenters. The van der Waals surface area contributed by atoms with E-state index in [9.17, 15) is 4.79 Å². The van der Waals surface area contributed by atoms with Crippen molar-refractivity contribution < 1.29 is 14.3 Å². The standard InChI is InChI=1S/C16H20N2O3/c1-17-13-16(20-2)8-10-18(11-9-16)15(19)21-12-14-6-4-3-5-7-14/h3-7H,8-13H2,2H3. The van der Waals surface area contributed by atoms with Crippen LogP contribution in [0.4, 0.5) is 4.79 Å². The van der Waals surface area contributed by atoms with Gasteiger partial charge in [0, 0.05) is 33.0 Å². The van der Waals surface area contributed by atoms with Gasteiger partial charge in [-0.1, -0.05) is 30.3 Å². The van der Waals surface area contributed by atoms with Gasteiger partial charge < -0.3 is 19.2 Å². The summed E-state index contributed by atoms with van der Waals surface area (Å²) >= 11 is 0. The second kappa shape index (κ2) is 7.09. The molecule has 1 aliphatic heterocycles. The number of carbonyl (C=O) groups excluding carboxylic acids is 1. The molecule has 0 aliphatic carbocycles. The van der Waals surface area contributed by atoms with E-state index >= 15 is 0 Å². The first-order valence-electron chi connectivity index (χ1n) is 7.03. The Morgan fingerprint density at radius 1 is 1.33 bits per heavy atom. The number of carbonyl (C=O) groups is 1. The average molecular weight is 288 g/mol. The molecule has 1 heterocycles. The molecule has 1 saturated heterocycles. The molecule has 1 fully saturated rings. The third kappa shape index (κ3) is 3.96. The molecule has 0 saturated carbocycles. The van der Waals surface area contributed by atoms with Crippen molar-refractivity contribution in [3.8, 4) is 0 Å². The van der Waals surface area contributed by atoms with Crippen molar-refractivity contribution in [3.05, 3.63) is 47.3 Å². The molecule has 0 aromatic heterocycles. The highest BCUT2D eigenvalue weighted by Gasteiger charge is 2.39. The van der Waals surface area contributed by atoms with Gasteiger partial charge in [-0.15, -0.1) is 0 Å². The molecular formula is C16H20N2O3. The van der Waals surface area contributed by atoms with E-state index in [0.717, 1.165) is 5.56 Å². The Morgan fingerprint density at radius 3 is 2.57 bits per heavy atom. The Balaban J connectivity index is 1.82. The highest BCUT2D eigenvalue weighted by atomic mass is 16.6. The Hall–Kier alpha value is -2.06. The normalized spacial score (nSPS) is 17.0. The zero-order valence-corrected chi connectivity index (χ0v) is 12.2. The molecule has 0 N–H and O–H groups in total. The maximum Gasteiger partial charge on any atom is 0.410 e. The summed E-state index contributed by atoms with van der Waals surface area (Å²) in [6, 6.07) is 9.62. The molecule has 5 heteroatoms. The number of ether oxygens (including phenoxy) is 2. The van der Waals surface area contributed by atoms with Gasteiger partial charge in [-0.3, -0.25) is 0 Å². The van der Waals surface area contributed by atoms with Crippen molar-refractivity contribution >= 4 is 6.09 Å². The lowest BCUT2D eigenvalue weighted by molar-refractivity contribution is -0.0432. The Bertz CT molecular complexity index is 502. The van der Waals surface area contributed by atoms with Crippen molar-refractivity contribution in [1.82, 2.24) is 4.90 Å². The van der Waals surface area contributed by atoms with Gasteiger partial charge in [0.1, 0.15) is 12.2 Å². The van der Waals surface area contributed by atoms with Crippen LogP contribution in [0.2, 0.25) is 0 Å². The molecule has 0 radical (unpaired) electrons. The lowest BCUT2D eigenvalue weighted by atomic mass is 9.91. The molecule has 0 spiro atoms. The summed E-state index contributed by atoms with van der Waals surface area (Å²) < 4.78 is 10.8. The van der Waals surface area contributed by atoms with Crippen LogP contribution in [0.3, 0.4) is 0 Å². The van der Waals surface area contributed by atoms with E-state index in [1.54, 1.807) is 12.0 Å². The number of benzene rings is 1. The first-order chi connectivity index (χ1) is 10.2. The van der Waals surface area contributed by atoms with Crippen molar-refractivity contribution in [1.29, 1.82) is 0 Å². The highest BCUT2D eigenvalue weighted by Crippen LogP contribution is 2.26. The topological polar surface area (TPSA) is 43.1 Å². The van der Waals surface area contributed by atoms with E-state index in [1.165, 1.54) is 0 Å². The quantitative estimate of drug-likeness (QED) is 0.800. The number of hydrogen-bond donors (Lipinski definition) is 0. The predicted molar refractivity (Wildman–Crippen MR) is 78.6 cm³/mol.